The van der Waals surface area contributed by atoms with Crippen molar-refractivity contribution in [1.29, 1.82) is 0 Å². The molecule has 0 aromatic heterocycles. The molecule has 7 heteroatoms. The monoisotopic (exact) mass is 413 g/mol. The van der Waals surface area contributed by atoms with Crippen molar-refractivity contribution < 1.29 is 17.5 Å². The molecule has 0 atom stereocenters. The zero-order valence-corrected chi connectivity index (χ0v) is 15.7. The molecular formula is C17H17BrFNO3S. The summed E-state index contributed by atoms with van der Waals surface area (Å²) in [4.78, 5) is 0.0897. The number of fused-ring (bicyclic) bond motifs is 1. The maximum Gasteiger partial charge on any atom is 0.262 e. The summed E-state index contributed by atoms with van der Waals surface area (Å²) in [5.74, 6) is 0.0519. The number of sulfonamides is 1. The average molecular weight is 414 g/mol. The van der Waals surface area contributed by atoms with E-state index in [0.29, 0.717) is 10.2 Å². The lowest BCUT2D eigenvalue weighted by Crippen LogP contribution is -2.32. The highest BCUT2D eigenvalue weighted by molar-refractivity contribution is 9.10. The summed E-state index contributed by atoms with van der Waals surface area (Å²) in [5, 5.41) is 0. The highest BCUT2D eigenvalue weighted by atomic mass is 79.9. The summed E-state index contributed by atoms with van der Waals surface area (Å²) in [6.45, 7) is 4.00. The zero-order chi connectivity index (χ0) is 17.5. The van der Waals surface area contributed by atoms with Gasteiger partial charge >= 0.3 is 0 Å². The second-order valence-electron chi connectivity index (χ2n) is 6.36. The highest BCUT2D eigenvalue weighted by Gasteiger charge is 2.28. The van der Waals surface area contributed by atoms with E-state index >= 15 is 0 Å². The van der Waals surface area contributed by atoms with E-state index in [1.807, 2.05) is 13.8 Å². The molecule has 0 saturated carbocycles. The van der Waals surface area contributed by atoms with Crippen LogP contribution in [0.25, 0.3) is 0 Å². The van der Waals surface area contributed by atoms with Gasteiger partial charge in [-0.2, -0.15) is 0 Å². The molecule has 0 radical (unpaired) electrons. The Bertz CT molecular complexity index is 897. The van der Waals surface area contributed by atoms with Gasteiger partial charge in [-0.25, -0.2) is 12.8 Å². The van der Waals surface area contributed by atoms with Crippen LogP contribution in [0.2, 0.25) is 0 Å². The van der Waals surface area contributed by atoms with E-state index in [0.717, 1.165) is 18.4 Å². The number of hydrogen-bond donors (Lipinski definition) is 1. The van der Waals surface area contributed by atoms with Crippen molar-refractivity contribution in [3.05, 3.63) is 52.3 Å². The average Bonchev–Trinajstić information content (AvgIpc) is 2.48. The van der Waals surface area contributed by atoms with E-state index in [2.05, 4.69) is 20.7 Å². The van der Waals surface area contributed by atoms with Gasteiger partial charge in [-0.3, -0.25) is 4.72 Å². The van der Waals surface area contributed by atoms with Crippen molar-refractivity contribution >= 4 is 31.6 Å². The quantitative estimate of drug-likeness (QED) is 0.805. The molecule has 1 aliphatic rings. The third kappa shape index (κ3) is 3.57. The van der Waals surface area contributed by atoms with Gasteiger partial charge in [0.15, 0.2) is 0 Å². The standard InChI is InChI=1S/C17H17BrFNO3S/c1-17(2)8-7-11-9-13(4-6-16(11)23-17)24(21,22)20-15-5-3-12(18)10-14(15)19/h3-6,9-10,20H,7-8H2,1-2H3. The SMILES string of the molecule is CC1(C)CCc2cc(S(=O)(=O)Nc3ccc(Br)cc3F)ccc2O1. The topological polar surface area (TPSA) is 55.4 Å². The second kappa shape index (κ2) is 6.04. The molecule has 1 heterocycles. The lowest BCUT2D eigenvalue weighted by molar-refractivity contribution is 0.0845. The maximum atomic E-state index is 13.9. The van der Waals surface area contributed by atoms with Gasteiger partial charge in [-0.05, 0) is 68.7 Å². The van der Waals surface area contributed by atoms with Crippen LogP contribution in [0.3, 0.4) is 0 Å². The molecule has 0 unspecified atom stereocenters. The third-order valence-corrected chi connectivity index (χ3v) is 5.76. The summed E-state index contributed by atoms with van der Waals surface area (Å²) in [6, 6.07) is 8.87. The summed E-state index contributed by atoms with van der Waals surface area (Å²) < 4.78 is 47.6. The molecule has 1 N–H and O–H groups in total. The number of ether oxygens (including phenoxy) is 1. The minimum Gasteiger partial charge on any atom is -0.488 e. The molecule has 3 rings (SSSR count). The molecule has 0 spiro atoms. The zero-order valence-electron chi connectivity index (χ0n) is 13.3. The van der Waals surface area contributed by atoms with E-state index in [9.17, 15) is 12.8 Å². The molecule has 2 aromatic rings. The first kappa shape index (κ1) is 17.2. The number of aryl methyl sites for hydroxylation is 1. The van der Waals surface area contributed by atoms with Crippen molar-refractivity contribution in [2.45, 2.75) is 37.2 Å². The molecule has 4 nitrogen and oxygen atoms in total. The van der Waals surface area contributed by atoms with Crippen molar-refractivity contribution in [3.63, 3.8) is 0 Å². The number of nitrogens with one attached hydrogen (secondary N) is 1. The lowest BCUT2D eigenvalue weighted by atomic mass is 9.94. The fourth-order valence-corrected chi connectivity index (χ4v) is 4.03. The normalized spacial score (nSPS) is 16.2. The first-order chi connectivity index (χ1) is 11.2. The molecule has 128 valence electrons. The fourth-order valence-electron chi connectivity index (χ4n) is 2.58. The van der Waals surface area contributed by atoms with Gasteiger partial charge in [0, 0.05) is 4.47 Å². The minimum atomic E-state index is -3.87. The predicted octanol–water partition coefficient (Wildman–Crippen LogP) is 4.49. The Morgan fingerprint density at radius 2 is 1.96 bits per heavy atom. The van der Waals surface area contributed by atoms with Crippen LogP contribution in [-0.2, 0) is 16.4 Å². The number of benzene rings is 2. The van der Waals surface area contributed by atoms with Crippen molar-refractivity contribution in [1.82, 2.24) is 0 Å². The smallest absolute Gasteiger partial charge is 0.262 e. The van der Waals surface area contributed by atoms with Crippen LogP contribution in [0.4, 0.5) is 10.1 Å². The van der Waals surface area contributed by atoms with Gasteiger partial charge in [-0.1, -0.05) is 15.9 Å². The van der Waals surface area contributed by atoms with Crippen molar-refractivity contribution in [2.75, 3.05) is 4.72 Å². The fraction of sp³-hybridized carbons (Fsp3) is 0.294. The molecule has 2 aromatic carbocycles. The van der Waals surface area contributed by atoms with Crippen molar-refractivity contribution in [3.8, 4) is 5.75 Å². The van der Waals surface area contributed by atoms with Crippen LogP contribution in [0.1, 0.15) is 25.8 Å². The second-order valence-corrected chi connectivity index (χ2v) is 8.96. The largest absolute Gasteiger partial charge is 0.488 e. The minimum absolute atomic E-state index is 0.0895. The van der Waals surface area contributed by atoms with E-state index < -0.39 is 15.8 Å². The summed E-state index contributed by atoms with van der Waals surface area (Å²) >= 11 is 3.14. The Labute approximate surface area is 149 Å². The first-order valence-corrected chi connectivity index (χ1v) is 9.74. The van der Waals surface area contributed by atoms with Gasteiger partial charge in [0.25, 0.3) is 10.0 Å². The van der Waals surface area contributed by atoms with Gasteiger partial charge < -0.3 is 4.74 Å². The van der Waals surface area contributed by atoms with Crippen LogP contribution in [0.15, 0.2) is 45.8 Å². The molecule has 0 aliphatic carbocycles. The maximum absolute atomic E-state index is 13.9. The lowest BCUT2D eigenvalue weighted by Gasteiger charge is -2.32. The van der Waals surface area contributed by atoms with E-state index in [-0.39, 0.29) is 16.2 Å². The molecule has 24 heavy (non-hydrogen) atoms. The molecular weight excluding hydrogens is 397 g/mol. The third-order valence-electron chi connectivity index (χ3n) is 3.90. The number of hydrogen-bond acceptors (Lipinski definition) is 3. The molecule has 0 fully saturated rings. The van der Waals surface area contributed by atoms with Gasteiger partial charge in [-0.15, -0.1) is 0 Å². The van der Waals surface area contributed by atoms with Crippen LogP contribution in [-0.4, -0.2) is 14.0 Å². The summed E-state index contributed by atoms with van der Waals surface area (Å²) in [7, 11) is -3.87. The number of rotatable bonds is 3. The summed E-state index contributed by atoms with van der Waals surface area (Å²) in [6.07, 6.45) is 1.54. The van der Waals surface area contributed by atoms with Gasteiger partial charge in [0.2, 0.25) is 0 Å². The number of anilines is 1. The van der Waals surface area contributed by atoms with Crippen LogP contribution >= 0.6 is 15.9 Å². The molecule has 0 saturated heterocycles. The van der Waals surface area contributed by atoms with Crippen LogP contribution in [0, 0.1) is 5.82 Å². The molecule has 1 aliphatic heterocycles. The van der Waals surface area contributed by atoms with Crippen LogP contribution in [0.5, 0.6) is 5.75 Å². The van der Waals surface area contributed by atoms with E-state index in [1.165, 1.54) is 18.2 Å². The van der Waals surface area contributed by atoms with Crippen molar-refractivity contribution in [2.24, 2.45) is 0 Å². The predicted molar refractivity (Wildman–Crippen MR) is 94.4 cm³/mol. The van der Waals surface area contributed by atoms with Crippen LogP contribution < -0.4 is 9.46 Å². The molecule has 0 bridgehead atoms. The highest BCUT2D eigenvalue weighted by Crippen LogP contribution is 2.34. The Morgan fingerprint density at radius 3 is 2.67 bits per heavy atom. The Balaban J connectivity index is 1.90. The number of halogens is 2. The van der Waals surface area contributed by atoms with E-state index in [4.69, 9.17) is 4.74 Å². The Hall–Kier alpha value is -1.60. The molecule has 0 amide bonds. The van der Waals surface area contributed by atoms with Gasteiger partial charge in [0.1, 0.15) is 17.2 Å². The Kier molecular flexibility index (Phi) is 4.34. The Morgan fingerprint density at radius 1 is 1.21 bits per heavy atom. The van der Waals surface area contributed by atoms with E-state index in [1.54, 1.807) is 18.2 Å². The first-order valence-electron chi connectivity index (χ1n) is 7.46. The van der Waals surface area contributed by atoms with Gasteiger partial charge in [0.05, 0.1) is 10.6 Å². The summed E-state index contributed by atoms with van der Waals surface area (Å²) in [5.41, 5.74) is 0.494.